The molecule has 2 aromatic rings. The largest absolute Gasteiger partial charge is 0.416 e. The van der Waals surface area contributed by atoms with E-state index < -0.39 is 28.9 Å². The molecule has 1 amide bonds. The third-order valence-electron chi connectivity index (χ3n) is 5.33. The van der Waals surface area contributed by atoms with Crippen molar-refractivity contribution in [3.05, 3.63) is 70.0 Å². The van der Waals surface area contributed by atoms with Crippen molar-refractivity contribution in [3.8, 4) is 0 Å². The zero-order chi connectivity index (χ0) is 21.2. The van der Waals surface area contributed by atoms with E-state index in [0.29, 0.717) is 24.9 Å². The van der Waals surface area contributed by atoms with Crippen molar-refractivity contribution in [2.24, 2.45) is 5.41 Å². The SMILES string of the molecule is O=C(c1cc(C(F)(F)F)ccc1Cl)N1CCCC(CO)(Cc2ccccc2F)C1. The highest BCUT2D eigenvalue weighted by molar-refractivity contribution is 6.33. The lowest BCUT2D eigenvalue weighted by Crippen LogP contribution is -2.49. The maximum absolute atomic E-state index is 14.1. The zero-order valence-electron chi connectivity index (χ0n) is 15.5. The minimum absolute atomic E-state index is 0.0720. The summed E-state index contributed by atoms with van der Waals surface area (Å²) in [6.07, 6.45) is -3.27. The first-order valence-electron chi connectivity index (χ1n) is 9.15. The number of carbonyl (C=O) groups excluding carboxylic acids is 1. The van der Waals surface area contributed by atoms with E-state index >= 15 is 0 Å². The van der Waals surface area contributed by atoms with Gasteiger partial charge in [-0.3, -0.25) is 4.79 Å². The van der Waals surface area contributed by atoms with Crippen molar-refractivity contribution in [1.29, 1.82) is 0 Å². The molecule has 1 heterocycles. The maximum atomic E-state index is 14.1. The van der Waals surface area contributed by atoms with Crippen molar-refractivity contribution in [2.45, 2.75) is 25.4 Å². The van der Waals surface area contributed by atoms with Gasteiger partial charge >= 0.3 is 6.18 Å². The number of hydrogen-bond acceptors (Lipinski definition) is 2. The predicted molar refractivity (Wildman–Crippen MR) is 101 cm³/mol. The molecule has 0 bridgehead atoms. The second-order valence-electron chi connectivity index (χ2n) is 7.45. The summed E-state index contributed by atoms with van der Waals surface area (Å²) < 4.78 is 53.2. The Morgan fingerprint density at radius 2 is 1.93 bits per heavy atom. The van der Waals surface area contributed by atoms with E-state index in [4.69, 9.17) is 11.6 Å². The summed E-state index contributed by atoms with van der Waals surface area (Å²) in [5.74, 6) is -1.03. The molecular weight excluding hydrogens is 410 g/mol. The Balaban J connectivity index is 1.86. The number of nitrogens with zero attached hydrogens (tertiary/aromatic N) is 1. The van der Waals surface area contributed by atoms with Crippen molar-refractivity contribution in [2.75, 3.05) is 19.7 Å². The summed E-state index contributed by atoms with van der Waals surface area (Å²) in [5.41, 5.74) is -1.54. The number of piperidine rings is 1. The maximum Gasteiger partial charge on any atom is 0.416 e. The summed E-state index contributed by atoms with van der Waals surface area (Å²) in [4.78, 5) is 14.3. The molecule has 1 aliphatic rings. The Hall–Kier alpha value is -2.12. The molecule has 0 spiro atoms. The molecule has 2 aromatic carbocycles. The predicted octanol–water partition coefficient (Wildman–Crippen LogP) is 4.96. The summed E-state index contributed by atoms with van der Waals surface area (Å²) in [7, 11) is 0. The first kappa shape index (κ1) is 21.6. The highest BCUT2D eigenvalue weighted by Gasteiger charge is 2.39. The smallest absolute Gasteiger partial charge is 0.396 e. The van der Waals surface area contributed by atoms with E-state index in [1.807, 2.05) is 0 Å². The molecule has 3 nitrogen and oxygen atoms in total. The molecule has 156 valence electrons. The van der Waals surface area contributed by atoms with Crippen LogP contribution in [0, 0.1) is 11.2 Å². The van der Waals surface area contributed by atoms with Gasteiger partial charge in [0.1, 0.15) is 5.82 Å². The Morgan fingerprint density at radius 3 is 2.59 bits per heavy atom. The average Bonchev–Trinajstić information content (AvgIpc) is 2.69. The number of alkyl halides is 3. The van der Waals surface area contributed by atoms with Gasteiger partial charge in [0.15, 0.2) is 0 Å². The molecule has 0 saturated carbocycles. The third-order valence-corrected chi connectivity index (χ3v) is 5.66. The molecule has 29 heavy (non-hydrogen) atoms. The van der Waals surface area contributed by atoms with Gasteiger partial charge in [-0.1, -0.05) is 29.8 Å². The fourth-order valence-electron chi connectivity index (χ4n) is 3.79. The van der Waals surface area contributed by atoms with Crippen LogP contribution in [0.25, 0.3) is 0 Å². The van der Waals surface area contributed by atoms with Crippen LogP contribution in [0.15, 0.2) is 42.5 Å². The first-order valence-corrected chi connectivity index (χ1v) is 9.53. The number of benzene rings is 2. The minimum Gasteiger partial charge on any atom is -0.396 e. The molecule has 3 rings (SSSR count). The van der Waals surface area contributed by atoms with Gasteiger partial charge in [-0.2, -0.15) is 13.2 Å². The standard InChI is InChI=1S/C21H20ClF4NO2/c22-17-7-6-15(21(24,25)26)10-16(17)19(29)27-9-3-8-20(12-27,13-28)11-14-4-1-2-5-18(14)23/h1-2,4-7,10,28H,3,8-9,11-13H2. The number of carbonyl (C=O) groups is 1. The molecule has 8 heteroatoms. The Labute approximate surface area is 170 Å². The van der Waals surface area contributed by atoms with Crippen LogP contribution in [0.5, 0.6) is 0 Å². The third kappa shape index (κ3) is 4.73. The van der Waals surface area contributed by atoms with E-state index in [1.54, 1.807) is 18.2 Å². The topological polar surface area (TPSA) is 40.5 Å². The van der Waals surface area contributed by atoms with Crippen LogP contribution in [-0.4, -0.2) is 35.6 Å². The molecule has 1 fully saturated rings. The van der Waals surface area contributed by atoms with Gasteiger partial charge in [-0.15, -0.1) is 0 Å². The molecule has 1 N–H and O–H groups in total. The summed E-state index contributed by atoms with van der Waals surface area (Å²) in [5, 5.41) is 9.96. The fraction of sp³-hybridized carbons (Fsp3) is 0.381. The van der Waals surface area contributed by atoms with E-state index in [1.165, 1.54) is 11.0 Å². The molecule has 0 radical (unpaired) electrons. The second kappa shape index (κ2) is 8.32. The number of aliphatic hydroxyl groups is 1. The summed E-state index contributed by atoms with van der Waals surface area (Å²) >= 11 is 6.00. The van der Waals surface area contributed by atoms with Gasteiger partial charge in [-0.25, -0.2) is 4.39 Å². The van der Waals surface area contributed by atoms with Crippen LogP contribution < -0.4 is 0 Å². The quantitative estimate of drug-likeness (QED) is 0.698. The number of rotatable bonds is 4. The summed E-state index contributed by atoms with van der Waals surface area (Å²) in [6, 6.07) is 8.84. The van der Waals surface area contributed by atoms with Gasteiger partial charge in [0.2, 0.25) is 0 Å². The van der Waals surface area contributed by atoms with Crippen LogP contribution in [0.3, 0.4) is 0 Å². The number of halogens is 5. The number of hydrogen-bond donors (Lipinski definition) is 1. The fourth-order valence-corrected chi connectivity index (χ4v) is 3.99. The Kier molecular flexibility index (Phi) is 6.19. The van der Waals surface area contributed by atoms with Crippen LogP contribution in [0.2, 0.25) is 5.02 Å². The lowest BCUT2D eigenvalue weighted by atomic mass is 9.75. The Morgan fingerprint density at radius 1 is 1.21 bits per heavy atom. The van der Waals surface area contributed by atoms with Gasteiger partial charge in [0.25, 0.3) is 5.91 Å². The molecule has 1 atom stereocenters. The van der Waals surface area contributed by atoms with Gasteiger partial charge in [0, 0.05) is 18.5 Å². The highest BCUT2D eigenvalue weighted by atomic mass is 35.5. The highest BCUT2D eigenvalue weighted by Crippen LogP contribution is 2.36. The van der Waals surface area contributed by atoms with Crippen molar-refractivity contribution >= 4 is 17.5 Å². The monoisotopic (exact) mass is 429 g/mol. The zero-order valence-corrected chi connectivity index (χ0v) is 16.2. The summed E-state index contributed by atoms with van der Waals surface area (Å²) in [6.45, 7) is 0.148. The van der Waals surface area contributed by atoms with Gasteiger partial charge < -0.3 is 10.0 Å². The van der Waals surface area contributed by atoms with Crippen molar-refractivity contribution in [1.82, 2.24) is 4.90 Å². The van der Waals surface area contributed by atoms with E-state index in [-0.39, 0.29) is 30.2 Å². The average molecular weight is 430 g/mol. The minimum atomic E-state index is -4.60. The molecule has 0 aromatic heterocycles. The number of likely N-dealkylation sites (tertiary alicyclic amines) is 1. The molecular formula is C21H20ClF4NO2. The van der Waals surface area contributed by atoms with E-state index in [9.17, 15) is 27.5 Å². The molecule has 0 aliphatic carbocycles. The van der Waals surface area contributed by atoms with Crippen molar-refractivity contribution < 1.29 is 27.5 Å². The number of aliphatic hydroxyl groups excluding tert-OH is 1. The van der Waals surface area contributed by atoms with Crippen LogP contribution >= 0.6 is 11.6 Å². The van der Waals surface area contributed by atoms with Crippen molar-refractivity contribution in [3.63, 3.8) is 0 Å². The molecule has 1 aliphatic heterocycles. The van der Waals surface area contributed by atoms with E-state index in [0.717, 1.165) is 18.2 Å². The second-order valence-corrected chi connectivity index (χ2v) is 7.86. The lowest BCUT2D eigenvalue weighted by molar-refractivity contribution is -0.137. The van der Waals surface area contributed by atoms with Gasteiger partial charge in [0.05, 0.1) is 22.8 Å². The van der Waals surface area contributed by atoms with E-state index in [2.05, 4.69) is 0 Å². The van der Waals surface area contributed by atoms with Crippen LogP contribution in [0.4, 0.5) is 17.6 Å². The number of amides is 1. The van der Waals surface area contributed by atoms with Gasteiger partial charge in [-0.05, 0) is 49.1 Å². The van der Waals surface area contributed by atoms with Crippen LogP contribution in [-0.2, 0) is 12.6 Å². The van der Waals surface area contributed by atoms with Crippen LogP contribution in [0.1, 0.15) is 34.3 Å². The Bertz CT molecular complexity index is 902. The lowest BCUT2D eigenvalue weighted by Gasteiger charge is -2.42. The molecule has 1 saturated heterocycles. The molecule has 1 unspecified atom stereocenters. The first-order chi connectivity index (χ1) is 13.6. The normalized spacial score (nSPS) is 20.0.